The lowest BCUT2D eigenvalue weighted by molar-refractivity contribution is 0.345. The van der Waals surface area contributed by atoms with Gasteiger partial charge in [0.15, 0.2) is 0 Å². The summed E-state index contributed by atoms with van der Waals surface area (Å²) in [5.41, 5.74) is 8.20. The molecule has 0 aliphatic carbocycles. The summed E-state index contributed by atoms with van der Waals surface area (Å²) in [7, 11) is 0. The maximum Gasteiger partial charge on any atom is 0.225 e. The zero-order chi connectivity index (χ0) is 12.4. The van der Waals surface area contributed by atoms with Crippen LogP contribution in [-0.2, 0) is 0 Å². The van der Waals surface area contributed by atoms with Gasteiger partial charge in [-0.3, -0.25) is 0 Å². The predicted molar refractivity (Wildman–Crippen MR) is 70.1 cm³/mol. The third-order valence-electron chi connectivity index (χ3n) is 3.57. The molecule has 1 aliphatic rings. The van der Waals surface area contributed by atoms with Gasteiger partial charge in [-0.05, 0) is 32.3 Å². The summed E-state index contributed by atoms with van der Waals surface area (Å²) in [6.07, 6.45) is 2.16. The average molecular weight is 234 g/mol. The highest BCUT2D eigenvalue weighted by Crippen LogP contribution is 2.22. The largest absolute Gasteiger partial charge is 0.340 e. The molecule has 0 bridgehead atoms. The molecule has 2 rings (SSSR count). The number of aromatic nitrogens is 2. The lowest BCUT2D eigenvalue weighted by atomic mass is 9.91. The molecule has 17 heavy (non-hydrogen) atoms. The predicted octanol–water partition coefficient (Wildman–Crippen LogP) is 1.66. The molecule has 94 valence electrons. The molecule has 2 atom stereocenters. The molecule has 1 aliphatic heterocycles. The lowest BCUT2D eigenvalue weighted by Crippen LogP contribution is -2.47. The van der Waals surface area contributed by atoms with Crippen molar-refractivity contribution >= 4 is 5.95 Å². The molecule has 4 nitrogen and oxygen atoms in total. The zero-order valence-electron chi connectivity index (χ0n) is 11.0. The molecule has 4 heteroatoms. The van der Waals surface area contributed by atoms with Crippen LogP contribution in [0.1, 0.15) is 31.2 Å². The van der Waals surface area contributed by atoms with Crippen molar-refractivity contribution in [2.24, 2.45) is 11.7 Å². The Bertz CT molecular complexity index is 371. The number of nitrogens with zero attached hydrogens (tertiary/aromatic N) is 3. The van der Waals surface area contributed by atoms with Crippen molar-refractivity contribution in [3.05, 3.63) is 17.5 Å². The highest BCUT2D eigenvalue weighted by Gasteiger charge is 2.26. The van der Waals surface area contributed by atoms with E-state index in [-0.39, 0.29) is 0 Å². The maximum atomic E-state index is 6.12. The Kier molecular flexibility index (Phi) is 3.62. The average Bonchev–Trinajstić information content (AvgIpc) is 2.28. The van der Waals surface area contributed by atoms with Crippen LogP contribution < -0.4 is 10.6 Å². The summed E-state index contributed by atoms with van der Waals surface area (Å²) in [5, 5.41) is 0. The number of anilines is 1. The number of rotatable bonds is 2. The number of piperidine rings is 1. The summed E-state index contributed by atoms with van der Waals surface area (Å²) < 4.78 is 0. The third kappa shape index (κ3) is 2.75. The van der Waals surface area contributed by atoms with Gasteiger partial charge >= 0.3 is 0 Å². The first-order chi connectivity index (χ1) is 8.10. The molecule has 2 N–H and O–H groups in total. The van der Waals surface area contributed by atoms with Crippen molar-refractivity contribution < 1.29 is 0 Å². The number of hydrogen-bond acceptors (Lipinski definition) is 4. The zero-order valence-corrected chi connectivity index (χ0v) is 11.0. The van der Waals surface area contributed by atoms with Gasteiger partial charge < -0.3 is 10.6 Å². The Morgan fingerprint density at radius 3 is 2.59 bits per heavy atom. The molecule has 0 spiro atoms. The van der Waals surface area contributed by atoms with E-state index in [2.05, 4.69) is 21.8 Å². The van der Waals surface area contributed by atoms with Crippen molar-refractivity contribution in [2.45, 2.75) is 39.7 Å². The Balaban J connectivity index is 2.17. The van der Waals surface area contributed by atoms with Crippen molar-refractivity contribution in [1.82, 2.24) is 9.97 Å². The molecular formula is C13H22N4. The SMILES string of the molecule is CCC1CN(c2nc(C)cc(C)n2)CCC1N. The third-order valence-corrected chi connectivity index (χ3v) is 3.57. The minimum Gasteiger partial charge on any atom is -0.340 e. The normalized spacial score (nSPS) is 25.1. The van der Waals surface area contributed by atoms with Crippen LogP contribution in [0.25, 0.3) is 0 Å². The molecule has 0 aromatic carbocycles. The second kappa shape index (κ2) is 5.00. The molecule has 0 saturated carbocycles. The van der Waals surface area contributed by atoms with Gasteiger partial charge in [-0.15, -0.1) is 0 Å². The van der Waals surface area contributed by atoms with E-state index in [1.54, 1.807) is 0 Å². The van der Waals surface area contributed by atoms with E-state index in [1.807, 2.05) is 19.9 Å². The van der Waals surface area contributed by atoms with Gasteiger partial charge in [0, 0.05) is 30.5 Å². The summed E-state index contributed by atoms with van der Waals surface area (Å²) in [6, 6.07) is 2.35. The fraction of sp³-hybridized carbons (Fsp3) is 0.692. The van der Waals surface area contributed by atoms with Crippen molar-refractivity contribution in [1.29, 1.82) is 0 Å². The van der Waals surface area contributed by atoms with E-state index in [1.165, 1.54) is 0 Å². The fourth-order valence-electron chi connectivity index (χ4n) is 2.51. The summed E-state index contributed by atoms with van der Waals surface area (Å²) >= 11 is 0. The lowest BCUT2D eigenvalue weighted by Gasteiger charge is -2.36. The van der Waals surface area contributed by atoms with E-state index in [0.29, 0.717) is 12.0 Å². The van der Waals surface area contributed by atoms with E-state index >= 15 is 0 Å². The van der Waals surface area contributed by atoms with Gasteiger partial charge in [-0.1, -0.05) is 13.3 Å². The first-order valence-corrected chi connectivity index (χ1v) is 6.43. The Morgan fingerprint density at radius 2 is 2.00 bits per heavy atom. The molecule has 1 saturated heterocycles. The van der Waals surface area contributed by atoms with Crippen molar-refractivity contribution in [3.63, 3.8) is 0 Å². The maximum absolute atomic E-state index is 6.12. The molecule has 0 amide bonds. The second-order valence-electron chi connectivity index (χ2n) is 5.02. The standard InChI is InChI=1S/C13H22N4/c1-4-11-8-17(6-5-12(11)14)13-15-9(2)7-10(3)16-13/h7,11-12H,4-6,8,14H2,1-3H3. The monoisotopic (exact) mass is 234 g/mol. The second-order valence-corrected chi connectivity index (χ2v) is 5.02. The fourth-order valence-corrected chi connectivity index (χ4v) is 2.51. The summed E-state index contributed by atoms with van der Waals surface area (Å²) in [5.74, 6) is 1.43. The van der Waals surface area contributed by atoms with Gasteiger partial charge in [-0.25, -0.2) is 9.97 Å². The first kappa shape index (κ1) is 12.3. The molecule has 1 aromatic rings. The van der Waals surface area contributed by atoms with Gasteiger partial charge in [0.2, 0.25) is 5.95 Å². The van der Waals surface area contributed by atoms with Gasteiger partial charge in [-0.2, -0.15) is 0 Å². The minimum atomic E-state index is 0.335. The Labute approximate surface area is 103 Å². The van der Waals surface area contributed by atoms with Gasteiger partial charge in [0.1, 0.15) is 0 Å². The van der Waals surface area contributed by atoms with E-state index in [0.717, 1.165) is 43.3 Å². The summed E-state index contributed by atoms with van der Waals surface area (Å²) in [6.45, 7) is 8.20. The van der Waals surface area contributed by atoms with E-state index < -0.39 is 0 Å². The van der Waals surface area contributed by atoms with Crippen molar-refractivity contribution in [2.75, 3.05) is 18.0 Å². The summed E-state index contributed by atoms with van der Waals surface area (Å²) in [4.78, 5) is 11.3. The molecule has 1 aromatic heterocycles. The smallest absolute Gasteiger partial charge is 0.225 e. The van der Waals surface area contributed by atoms with Crippen LogP contribution in [0.3, 0.4) is 0 Å². The van der Waals surface area contributed by atoms with Gasteiger partial charge in [0.05, 0.1) is 0 Å². The van der Waals surface area contributed by atoms with Crippen LogP contribution in [-0.4, -0.2) is 29.1 Å². The van der Waals surface area contributed by atoms with E-state index in [4.69, 9.17) is 5.73 Å². The van der Waals surface area contributed by atoms with Crippen LogP contribution in [0.2, 0.25) is 0 Å². The van der Waals surface area contributed by atoms with Crippen LogP contribution in [0.4, 0.5) is 5.95 Å². The Hall–Kier alpha value is -1.16. The quantitative estimate of drug-likeness (QED) is 0.845. The highest BCUT2D eigenvalue weighted by atomic mass is 15.3. The molecule has 2 unspecified atom stereocenters. The first-order valence-electron chi connectivity index (χ1n) is 6.43. The minimum absolute atomic E-state index is 0.335. The number of aryl methyl sites for hydroxylation is 2. The molecule has 1 fully saturated rings. The number of nitrogens with two attached hydrogens (primary N) is 1. The Morgan fingerprint density at radius 1 is 1.35 bits per heavy atom. The van der Waals surface area contributed by atoms with Crippen molar-refractivity contribution in [3.8, 4) is 0 Å². The number of hydrogen-bond donors (Lipinski definition) is 1. The highest BCUT2D eigenvalue weighted by molar-refractivity contribution is 5.33. The molecule has 2 heterocycles. The molecule has 0 radical (unpaired) electrons. The van der Waals surface area contributed by atoms with Crippen LogP contribution in [0.5, 0.6) is 0 Å². The van der Waals surface area contributed by atoms with Crippen LogP contribution >= 0.6 is 0 Å². The van der Waals surface area contributed by atoms with E-state index in [9.17, 15) is 0 Å². The topological polar surface area (TPSA) is 55.0 Å². The van der Waals surface area contributed by atoms with Gasteiger partial charge in [0.25, 0.3) is 0 Å². The van der Waals surface area contributed by atoms with Crippen LogP contribution in [0.15, 0.2) is 6.07 Å². The van der Waals surface area contributed by atoms with Crippen LogP contribution in [0, 0.1) is 19.8 Å². The molecular weight excluding hydrogens is 212 g/mol.